The highest BCUT2D eigenvalue weighted by atomic mass is 16.5. The summed E-state index contributed by atoms with van der Waals surface area (Å²) in [5.41, 5.74) is 18.3. The molecule has 7 rings (SSSR count). The highest BCUT2D eigenvalue weighted by Crippen LogP contribution is 2.46. The van der Waals surface area contributed by atoms with E-state index in [0.717, 1.165) is 63.8 Å². The minimum Gasteiger partial charge on any atom is -0.479 e. The zero-order valence-electron chi connectivity index (χ0n) is 33.8. The maximum absolute atomic E-state index is 12.8. The van der Waals surface area contributed by atoms with Gasteiger partial charge >= 0.3 is 23.9 Å². The summed E-state index contributed by atoms with van der Waals surface area (Å²) in [5, 5.41) is 19.0. The predicted octanol–water partition coefficient (Wildman–Crippen LogP) is 9.06. The first kappa shape index (κ1) is 43.1. The minimum atomic E-state index is -2.00. The first-order chi connectivity index (χ1) is 29.1. The fourth-order valence-corrected chi connectivity index (χ4v) is 8.15. The van der Waals surface area contributed by atoms with Crippen molar-refractivity contribution in [2.24, 2.45) is 11.5 Å². The zero-order valence-corrected chi connectivity index (χ0v) is 33.8. The Labute approximate surface area is 350 Å². The number of benzene rings is 5. The SMILES string of the molecule is CCCCCCCCCC(N)(C(=O)O)C(=O)OCC1c2ccccc2-c2ccccc21.NC(C(=O)O)=C(C(=O)OCC1c2ccccc2-c2ccccc21)c1ccccc1. The average molecular weight is 809 g/mol. The third-order valence-corrected chi connectivity index (χ3v) is 11.4. The lowest BCUT2D eigenvalue weighted by Gasteiger charge is -2.24. The number of hydrogen-bond acceptors (Lipinski definition) is 8. The van der Waals surface area contributed by atoms with Crippen LogP contribution < -0.4 is 11.5 Å². The van der Waals surface area contributed by atoms with E-state index in [1.54, 1.807) is 30.3 Å². The van der Waals surface area contributed by atoms with Crippen molar-refractivity contribution in [3.05, 3.63) is 161 Å². The fourth-order valence-electron chi connectivity index (χ4n) is 8.15. The highest BCUT2D eigenvalue weighted by Gasteiger charge is 2.44. The Bertz CT molecular complexity index is 2260. The molecule has 0 bridgehead atoms. The van der Waals surface area contributed by atoms with Crippen LogP contribution in [-0.2, 0) is 28.7 Å². The van der Waals surface area contributed by atoms with Crippen LogP contribution in [0.4, 0.5) is 0 Å². The van der Waals surface area contributed by atoms with E-state index in [9.17, 15) is 29.4 Å². The standard InChI is InChI=1S/C26H33NO4.C24H19NO4/c1-2-3-4-5-6-7-12-17-26(27,24(28)29)25(30)31-18-23-21-15-10-8-13-19(21)20-14-9-11-16-22(20)23;25-22(23(26)27)21(15-8-2-1-3-9-15)24(28)29-14-20-18-12-6-4-10-16(18)17-11-5-7-13-19(17)20/h8-11,13-16,23H,2-7,12,17-18,27H2,1H3,(H,28,29);1-13,20H,14,25H2,(H,26,27). The van der Waals surface area contributed by atoms with Gasteiger partial charge in [0.15, 0.2) is 0 Å². The summed E-state index contributed by atoms with van der Waals surface area (Å²) in [7, 11) is 0. The van der Waals surface area contributed by atoms with Gasteiger partial charge in [-0.2, -0.15) is 0 Å². The summed E-state index contributed by atoms with van der Waals surface area (Å²) in [4.78, 5) is 48.9. The molecule has 0 aromatic heterocycles. The lowest BCUT2D eigenvalue weighted by molar-refractivity contribution is -0.161. The molecule has 5 aromatic carbocycles. The van der Waals surface area contributed by atoms with Crippen LogP contribution in [0, 0.1) is 0 Å². The van der Waals surface area contributed by atoms with Gasteiger partial charge in [0.1, 0.15) is 18.9 Å². The van der Waals surface area contributed by atoms with Crippen LogP contribution in [0.3, 0.4) is 0 Å². The third kappa shape index (κ3) is 9.50. The summed E-state index contributed by atoms with van der Waals surface area (Å²) < 4.78 is 11.1. The summed E-state index contributed by atoms with van der Waals surface area (Å²) in [5.74, 6) is -4.53. The lowest BCUT2D eigenvalue weighted by Crippen LogP contribution is -2.56. The number of carbonyl (C=O) groups is 4. The predicted molar refractivity (Wildman–Crippen MR) is 232 cm³/mol. The smallest absolute Gasteiger partial charge is 0.352 e. The van der Waals surface area contributed by atoms with Crippen molar-refractivity contribution in [2.75, 3.05) is 13.2 Å². The van der Waals surface area contributed by atoms with Crippen molar-refractivity contribution >= 4 is 29.5 Å². The summed E-state index contributed by atoms with van der Waals surface area (Å²) in [6.07, 6.45) is 7.31. The van der Waals surface area contributed by atoms with Crippen molar-refractivity contribution in [3.8, 4) is 22.3 Å². The first-order valence-corrected chi connectivity index (χ1v) is 20.6. The second kappa shape index (κ2) is 20.0. The van der Waals surface area contributed by atoms with Crippen molar-refractivity contribution in [3.63, 3.8) is 0 Å². The molecule has 310 valence electrons. The van der Waals surface area contributed by atoms with Crippen molar-refractivity contribution in [1.82, 2.24) is 0 Å². The Balaban J connectivity index is 0.000000202. The molecule has 0 saturated heterocycles. The monoisotopic (exact) mass is 808 g/mol. The largest absolute Gasteiger partial charge is 0.479 e. The van der Waals surface area contributed by atoms with Gasteiger partial charge in [-0.3, -0.25) is 0 Å². The first-order valence-electron chi connectivity index (χ1n) is 20.6. The molecule has 0 amide bonds. The molecule has 0 aliphatic heterocycles. The molecule has 1 atom stereocenters. The van der Waals surface area contributed by atoms with Crippen LogP contribution in [0.1, 0.15) is 97.9 Å². The molecule has 1 unspecified atom stereocenters. The number of carboxylic acids is 2. The van der Waals surface area contributed by atoms with E-state index < -0.39 is 35.1 Å². The number of unbranched alkanes of at least 4 members (excludes halogenated alkanes) is 6. The summed E-state index contributed by atoms with van der Waals surface area (Å²) in [6, 6.07) is 40.5. The van der Waals surface area contributed by atoms with E-state index in [1.165, 1.54) is 19.3 Å². The number of rotatable bonds is 17. The molecule has 6 N–H and O–H groups in total. The topological polar surface area (TPSA) is 179 Å². The maximum atomic E-state index is 12.8. The van der Waals surface area contributed by atoms with Crippen LogP contribution >= 0.6 is 0 Å². The van der Waals surface area contributed by atoms with Gasteiger partial charge in [-0.1, -0.05) is 179 Å². The molecule has 0 radical (unpaired) electrons. The Kier molecular flexibility index (Phi) is 14.3. The number of esters is 2. The van der Waals surface area contributed by atoms with E-state index in [1.807, 2.05) is 84.9 Å². The zero-order chi connectivity index (χ0) is 42.6. The van der Waals surface area contributed by atoms with Crippen LogP contribution in [0.15, 0.2) is 133 Å². The molecular weight excluding hydrogens is 757 g/mol. The normalized spacial score (nSPS) is 13.9. The highest BCUT2D eigenvalue weighted by molar-refractivity contribution is 6.22. The summed E-state index contributed by atoms with van der Waals surface area (Å²) in [6.45, 7) is 2.34. The number of nitrogens with two attached hydrogens (primary N) is 2. The van der Waals surface area contributed by atoms with E-state index >= 15 is 0 Å². The van der Waals surface area contributed by atoms with E-state index in [-0.39, 0.29) is 37.0 Å². The minimum absolute atomic E-state index is 0.0795. The number of fused-ring (bicyclic) bond motifs is 6. The molecule has 0 fully saturated rings. The Morgan fingerprint density at radius 2 is 0.967 bits per heavy atom. The number of hydrogen-bond donors (Lipinski definition) is 4. The molecule has 2 aliphatic rings. The number of carbonyl (C=O) groups excluding carboxylic acids is 2. The van der Waals surface area contributed by atoms with Crippen molar-refractivity contribution in [1.29, 1.82) is 0 Å². The van der Waals surface area contributed by atoms with Gasteiger partial charge in [0.25, 0.3) is 0 Å². The molecule has 0 saturated carbocycles. The molecule has 0 spiro atoms. The average Bonchev–Trinajstić information content (AvgIpc) is 3.77. The van der Waals surface area contributed by atoms with E-state index in [2.05, 4.69) is 19.1 Å². The molecule has 2 aliphatic carbocycles. The van der Waals surface area contributed by atoms with Crippen LogP contribution in [0.5, 0.6) is 0 Å². The van der Waals surface area contributed by atoms with E-state index in [4.69, 9.17) is 20.9 Å². The van der Waals surface area contributed by atoms with E-state index in [0.29, 0.717) is 12.0 Å². The van der Waals surface area contributed by atoms with Crippen molar-refractivity contribution in [2.45, 2.75) is 75.7 Å². The molecule has 60 heavy (non-hydrogen) atoms. The van der Waals surface area contributed by atoms with Gasteiger partial charge in [-0.15, -0.1) is 0 Å². The Morgan fingerprint density at radius 3 is 1.40 bits per heavy atom. The number of ether oxygens (including phenoxy) is 2. The van der Waals surface area contributed by atoms with Gasteiger partial charge in [0.05, 0.1) is 5.57 Å². The van der Waals surface area contributed by atoms with Gasteiger partial charge in [-0.05, 0) is 56.5 Å². The maximum Gasteiger partial charge on any atom is 0.352 e. The summed E-state index contributed by atoms with van der Waals surface area (Å²) >= 11 is 0. The van der Waals surface area contributed by atoms with Crippen LogP contribution in [-0.4, -0.2) is 52.8 Å². The van der Waals surface area contributed by atoms with Crippen molar-refractivity contribution < 1.29 is 38.9 Å². The number of aliphatic carboxylic acids is 2. The molecule has 10 nitrogen and oxygen atoms in total. The third-order valence-electron chi connectivity index (χ3n) is 11.4. The molecule has 0 heterocycles. The van der Waals surface area contributed by atoms with Gasteiger partial charge in [0, 0.05) is 11.8 Å². The van der Waals surface area contributed by atoms with Crippen LogP contribution in [0.25, 0.3) is 27.8 Å². The fraction of sp³-hybridized carbons (Fsp3) is 0.280. The molecular formula is C50H52N2O8. The van der Waals surface area contributed by atoms with Gasteiger partial charge < -0.3 is 31.2 Å². The van der Waals surface area contributed by atoms with Gasteiger partial charge in [0.2, 0.25) is 5.54 Å². The number of carboxylic acid groups (broad SMARTS) is 2. The van der Waals surface area contributed by atoms with Crippen LogP contribution in [0.2, 0.25) is 0 Å². The Hall–Kier alpha value is -6.52. The van der Waals surface area contributed by atoms with Gasteiger partial charge in [-0.25, -0.2) is 19.2 Å². The molecule has 5 aromatic rings. The lowest BCUT2D eigenvalue weighted by atomic mass is 9.92. The molecule has 10 heteroatoms. The quantitative estimate of drug-likeness (QED) is 0.0306. The Morgan fingerprint density at radius 1 is 0.567 bits per heavy atom. The second-order valence-corrected chi connectivity index (χ2v) is 15.3. The second-order valence-electron chi connectivity index (χ2n) is 15.3.